The molecule has 1 heterocycles. The van der Waals surface area contributed by atoms with E-state index < -0.39 is 0 Å². The van der Waals surface area contributed by atoms with Gasteiger partial charge in [-0.25, -0.2) is 4.79 Å². The molecule has 0 saturated carbocycles. The average Bonchev–Trinajstić information content (AvgIpc) is 2.73. The summed E-state index contributed by atoms with van der Waals surface area (Å²) >= 11 is 0. The highest BCUT2D eigenvalue weighted by atomic mass is 16.5. The second kappa shape index (κ2) is 7.17. The molecule has 0 unspecified atom stereocenters. The van der Waals surface area contributed by atoms with E-state index >= 15 is 0 Å². The molecule has 124 valence electrons. The Labute approximate surface area is 136 Å². The standard InChI is InChI=1S/C17H24N4O2/c1-11-6-7-16(23-5)15(10-11)19-17(22)18-9-8-14-12(2)20-21(4)13(14)3/h6-7,10H,8-9H2,1-5H3,(H2,18,19,22). The van der Waals surface area contributed by atoms with Crippen molar-refractivity contribution in [3.05, 3.63) is 40.7 Å². The van der Waals surface area contributed by atoms with Crippen LogP contribution in [0.2, 0.25) is 0 Å². The van der Waals surface area contributed by atoms with Crippen LogP contribution in [0.5, 0.6) is 5.75 Å². The number of aromatic nitrogens is 2. The molecule has 2 aromatic rings. The number of carbonyl (C=O) groups is 1. The first-order valence-corrected chi connectivity index (χ1v) is 7.61. The van der Waals surface area contributed by atoms with E-state index in [4.69, 9.17) is 4.74 Å². The van der Waals surface area contributed by atoms with Gasteiger partial charge in [0.2, 0.25) is 0 Å². The van der Waals surface area contributed by atoms with Crippen LogP contribution in [0.3, 0.4) is 0 Å². The molecule has 0 bridgehead atoms. The van der Waals surface area contributed by atoms with Crippen LogP contribution in [0.15, 0.2) is 18.2 Å². The fraction of sp³-hybridized carbons (Fsp3) is 0.412. The SMILES string of the molecule is COc1ccc(C)cc1NC(=O)NCCc1c(C)nn(C)c1C. The molecule has 0 aliphatic heterocycles. The number of hydrogen-bond acceptors (Lipinski definition) is 3. The minimum absolute atomic E-state index is 0.243. The van der Waals surface area contributed by atoms with E-state index in [1.807, 2.05) is 50.7 Å². The summed E-state index contributed by atoms with van der Waals surface area (Å²) in [6.07, 6.45) is 0.754. The van der Waals surface area contributed by atoms with E-state index in [1.165, 1.54) is 5.56 Å². The molecule has 0 aliphatic carbocycles. The Morgan fingerprint density at radius 3 is 2.65 bits per heavy atom. The van der Waals surface area contributed by atoms with E-state index in [0.717, 1.165) is 23.4 Å². The minimum atomic E-state index is -0.243. The second-order valence-corrected chi connectivity index (χ2v) is 5.61. The molecule has 0 spiro atoms. The van der Waals surface area contributed by atoms with Crippen molar-refractivity contribution in [3.8, 4) is 5.75 Å². The smallest absolute Gasteiger partial charge is 0.319 e. The number of benzene rings is 1. The molecule has 0 aliphatic rings. The van der Waals surface area contributed by atoms with Crippen LogP contribution < -0.4 is 15.4 Å². The van der Waals surface area contributed by atoms with Crippen LogP contribution >= 0.6 is 0 Å². The monoisotopic (exact) mass is 316 g/mol. The Balaban J connectivity index is 1.92. The minimum Gasteiger partial charge on any atom is -0.495 e. The molecule has 6 nitrogen and oxygen atoms in total. The van der Waals surface area contributed by atoms with Crippen LogP contribution in [0.1, 0.15) is 22.5 Å². The Kier molecular flexibility index (Phi) is 5.26. The number of carbonyl (C=O) groups excluding carboxylic acids is 1. The fourth-order valence-corrected chi connectivity index (χ4v) is 2.57. The van der Waals surface area contributed by atoms with Gasteiger partial charge >= 0.3 is 6.03 Å². The van der Waals surface area contributed by atoms with Gasteiger partial charge in [0.15, 0.2) is 0 Å². The van der Waals surface area contributed by atoms with Gasteiger partial charge in [0.25, 0.3) is 0 Å². The molecule has 23 heavy (non-hydrogen) atoms. The Morgan fingerprint density at radius 2 is 2.04 bits per heavy atom. The summed E-state index contributed by atoms with van der Waals surface area (Å²) in [7, 11) is 3.51. The van der Waals surface area contributed by atoms with Gasteiger partial charge in [-0.1, -0.05) is 6.07 Å². The lowest BCUT2D eigenvalue weighted by atomic mass is 10.1. The lowest BCUT2D eigenvalue weighted by molar-refractivity contribution is 0.252. The molecular formula is C17H24N4O2. The molecule has 0 radical (unpaired) electrons. The number of hydrogen-bond donors (Lipinski definition) is 2. The van der Waals surface area contributed by atoms with E-state index in [-0.39, 0.29) is 6.03 Å². The molecule has 2 rings (SSSR count). The summed E-state index contributed by atoms with van der Waals surface area (Å²) in [6, 6.07) is 5.42. The molecule has 2 amide bonds. The molecule has 1 aromatic carbocycles. The van der Waals surface area contributed by atoms with Crippen molar-refractivity contribution in [3.63, 3.8) is 0 Å². The predicted octanol–water partition coefficient (Wildman–Crippen LogP) is 2.72. The molecule has 1 aromatic heterocycles. The summed E-state index contributed by atoms with van der Waals surface area (Å²) in [6.45, 7) is 6.54. The first-order chi connectivity index (χ1) is 10.9. The number of ether oxygens (including phenoxy) is 1. The molecule has 2 N–H and O–H groups in total. The van der Waals surface area contributed by atoms with Crippen LogP contribution in [0, 0.1) is 20.8 Å². The van der Waals surface area contributed by atoms with Crippen LogP contribution in [-0.2, 0) is 13.5 Å². The van der Waals surface area contributed by atoms with Crippen molar-refractivity contribution < 1.29 is 9.53 Å². The van der Waals surface area contributed by atoms with Crippen molar-refractivity contribution in [1.29, 1.82) is 0 Å². The number of aryl methyl sites for hydroxylation is 3. The van der Waals surface area contributed by atoms with Crippen molar-refractivity contribution in [1.82, 2.24) is 15.1 Å². The van der Waals surface area contributed by atoms with Gasteiger partial charge in [-0.3, -0.25) is 4.68 Å². The Hall–Kier alpha value is -2.50. The van der Waals surface area contributed by atoms with E-state index in [9.17, 15) is 4.79 Å². The highest BCUT2D eigenvalue weighted by Crippen LogP contribution is 2.24. The Bertz CT molecular complexity index is 707. The highest BCUT2D eigenvalue weighted by Gasteiger charge is 2.10. The van der Waals surface area contributed by atoms with E-state index in [2.05, 4.69) is 15.7 Å². The number of anilines is 1. The van der Waals surface area contributed by atoms with Crippen molar-refractivity contribution in [2.75, 3.05) is 19.0 Å². The maximum atomic E-state index is 12.1. The predicted molar refractivity (Wildman–Crippen MR) is 91.1 cm³/mol. The Morgan fingerprint density at radius 1 is 1.30 bits per heavy atom. The first-order valence-electron chi connectivity index (χ1n) is 7.61. The van der Waals surface area contributed by atoms with Gasteiger partial charge in [-0.15, -0.1) is 0 Å². The third kappa shape index (κ3) is 4.03. The molecule has 6 heteroatoms. The number of methoxy groups -OCH3 is 1. The van der Waals surface area contributed by atoms with Gasteiger partial charge in [0, 0.05) is 19.3 Å². The third-order valence-electron chi connectivity index (χ3n) is 3.92. The quantitative estimate of drug-likeness (QED) is 0.891. The molecule has 0 saturated heterocycles. The largest absolute Gasteiger partial charge is 0.495 e. The summed E-state index contributed by atoms with van der Waals surface area (Å²) in [5.41, 5.74) is 5.04. The van der Waals surface area contributed by atoms with Gasteiger partial charge in [0.05, 0.1) is 18.5 Å². The van der Waals surface area contributed by atoms with Crippen molar-refractivity contribution in [2.45, 2.75) is 27.2 Å². The summed E-state index contributed by atoms with van der Waals surface area (Å²) in [5.74, 6) is 0.643. The van der Waals surface area contributed by atoms with Crippen molar-refractivity contribution >= 4 is 11.7 Å². The van der Waals surface area contributed by atoms with Gasteiger partial charge in [-0.2, -0.15) is 5.10 Å². The summed E-state index contributed by atoms with van der Waals surface area (Å²) in [5, 5.41) is 10.1. The zero-order chi connectivity index (χ0) is 17.0. The van der Waals surface area contributed by atoms with Crippen LogP contribution in [-0.4, -0.2) is 29.5 Å². The van der Waals surface area contributed by atoms with Crippen LogP contribution in [0.25, 0.3) is 0 Å². The number of rotatable bonds is 5. The zero-order valence-electron chi connectivity index (χ0n) is 14.4. The van der Waals surface area contributed by atoms with Gasteiger partial charge in [0.1, 0.15) is 5.75 Å². The number of amides is 2. The van der Waals surface area contributed by atoms with Gasteiger partial charge < -0.3 is 15.4 Å². The lowest BCUT2D eigenvalue weighted by Crippen LogP contribution is -2.30. The fourth-order valence-electron chi connectivity index (χ4n) is 2.57. The normalized spacial score (nSPS) is 10.5. The van der Waals surface area contributed by atoms with Crippen LogP contribution in [0.4, 0.5) is 10.5 Å². The summed E-state index contributed by atoms with van der Waals surface area (Å²) in [4.78, 5) is 12.1. The maximum absolute atomic E-state index is 12.1. The second-order valence-electron chi connectivity index (χ2n) is 5.61. The lowest BCUT2D eigenvalue weighted by Gasteiger charge is -2.12. The zero-order valence-corrected chi connectivity index (χ0v) is 14.4. The van der Waals surface area contributed by atoms with E-state index in [1.54, 1.807) is 7.11 Å². The molecule has 0 atom stereocenters. The first kappa shape index (κ1) is 16.9. The number of nitrogens with one attached hydrogen (secondary N) is 2. The molecule has 0 fully saturated rings. The van der Waals surface area contributed by atoms with Gasteiger partial charge in [-0.05, 0) is 50.5 Å². The number of nitrogens with zero attached hydrogens (tertiary/aromatic N) is 2. The molecular weight excluding hydrogens is 292 g/mol. The average molecular weight is 316 g/mol. The number of urea groups is 1. The highest BCUT2D eigenvalue weighted by molar-refractivity contribution is 5.91. The third-order valence-corrected chi connectivity index (χ3v) is 3.92. The van der Waals surface area contributed by atoms with Crippen molar-refractivity contribution in [2.24, 2.45) is 7.05 Å². The summed E-state index contributed by atoms with van der Waals surface area (Å²) < 4.78 is 7.12. The topological polar surface area (TPSA) is 68.2 Å². The maximum Gasteiger partial charge on any atom is 0.319 e. The van der Waals surface area contributed by atoms with E-state index in [0.29, 0.717) is 18.0 Å².